The van der Waals surface area contributed by atoms with Crippen molar-refractivity contribution in [1.29, 1.82) is 0 Å². The highest BCUT2D eigenvalue weighted by molar-refractivity contribution is 7.99. The lowest BCUT2D eigenvalue weighted by Gasteiger charge is -2.16. The number of aliphatic carboxylic acids is 1. The summed E-state index contributed by atoms with van der Waals surface area (Å²) in [5.74, 6) is -0.841. The molecule has 0 aliphatic heterocycles. The summed E-state index contributed by atoms with van der Waals surface area (Å²) in [7, 11) is 1.66. The van der Waals surface area contributed by atoms with Gasteiger partial charge in [-0.1, -0.05) is 23.9 Å². The Morgan fingerprint density at radius 3 is 2.95 bits per heavy atom. The number of fused-ring (bicyclic) bond motifs is 1. The quantitative estimate of drug-likeness (QED) is 0.830. The van der Waals surface area contributed by atoms with E-state index in [9.17, 15) is 4.79 Å². The second-order valence-corrected chi connectivity index (χ2v) is 5.64. The van der Waals surface area contributed by atoms with Gasteiger partial charge >= 0.3 is 5.97 Å². The van der Waals surface area contributed by atoms with Crippen molar-refractivity contribution in [2.45, 2.75) is 25.0 Å². The molecule has 1 N–H and O–H groups in total. The number of thioether (sulfide) groups is 1. The van der Waals surface area contributed by atoms with Crippen LogP contribution in [0.2, 0.25) is 0 Å². The van der Waals surface area contributed by atoms with E-state index < -0.39 is 5.97 Å². The van der Waals surface area contributed by atoms with E-state index in [0.717, 1.165) is 21.8 Å². The standard InChI is InChI=1S/C14H18N2O3S/c1-9-5-4-6-11-13(9)15-14(20-8-12(17)18)16(11)10(2)7-19-3/h4-6,10H,7-8H2,1-3H3,(H,17,18). The molecule has 108 valence electrons. The van der Waals surface area contributed by atoms with Gasteiger partial charge in [0.2, 0.25) is 0 Å². The summed E-state index contributed by atoms with van der Waals surface area (Å²) in [6.07, 6.45) is 0. The van der Waals surface area contributed by atoms with Gasteiger partial charge in [0, 0.05) is 7.11 Å². The molecule has 2 aromatic rings. The van der Waals surface area contributed by atoms with Crippen molar-refractivity contribution in [3.63, 3.8) is 0 Å². The van der Waals surface area contributed by atoms with Crippen molar-refractivity contribution in [2.75, 3.05) is 19.5 Å². The Balaban J connectivity index is 2.50. The van der Waals surface area contributed by atoms with Crippen LogP contribution in [0.3, 0.4) is 0 Å². The maximum Gasteiger partial charge on any atom is 0.313 e. The van der Waals surface area contributed by atoms with Crippen molar-refractivity contribution in [2.24, 2.45) is 0 Å². The Morgan fingerprint density at radius 2 is 2.30 bits per heavy atom. The lowest BCUT2D eigenvalue weighted by atomic mass is 10.2. The van der Waals surface area contributed by atoms with E-state index in [1.807, 2.05) is 32.0 Å². The van der Waals surface area contributed by atoms with Crippen LogP contribution in [0.1, 0.15) is 18.5 Å². The minimum Gasteiger partial charge on any atom is -0.481 e. The predicted molar refractivity (Wildman–Crippen MR) is 79.4 cm³/mol. The van der Waals surface area contributed by atoms with Crippen LogP contribution in [0.5, 0.6) is 0 Å². The van der Waals surface area contributed by atoms with Crippen LogP contribution in [0, 0.1) is 6.92 Å². The summed E-state index contributed by atoms with van der Waals surface area (Å²) in [6, 6.07) is 6.10. The number of hydrogen-bond donors (Lipinski definition) is 1. The Kier molecular flexibility index (Phi) is 4.67. The van der Waals surface area contributed by atoms with Gasteiger partial charge in [0.05, 0.1) is 29.4 Å². The number of ether oxygens (including phenoxy) is 1. The smallest absolute Gasteiger partial charge is 0.313 e. The Hall–Kier alpha value is -1.53. The molecule has 0 saturated heterocycles. The molecule has 0 aliphatic rings. The molecular formula is C14H18N2O3S. The predicted octanol–water partition coefficient (Wildman–Crippen LogP) is 2.73. The van der Waals surface area contributed by atoms with Crippen LogP contribution >= 0.6 is 11.8 Å². The molecule has 1 heterocycles. The van der Waals surface area contributed by atoms with Crippen LogP contribution in [0.4, 0.5) is 0 Å². The lowest BCUT2D eigenvalue weighted by molar-refractivity contribution is -0.133. The minimum atomic E-state index is -0.843. The van der Waals surface area contributed by atoms with Crippen molar-refractivity contribution in [1.82, 2.24) is 9.55 Å². The lowest BCUT2D eigenvalue weighted by Crippen LogP contribution is -2.12. The number of aryl methyl sites for hydroxylation is 1. The van der Waals surface area contributed by atoms with Gasteiger partial charge in [-0.25, -0.2) is 4.98 Å². The van der Waals surface area contributed by atoms with Crippen LogP contribution in [0.15, 0.2) is 23.4 Å². The second-order valence-electron chi connectivity index (χ2n) is 4.69. The third kappa shape index (κ3) is 2.96. The highest BCUT2D eigenvalue weighted by Crippen LogP contribution is 2.29. The number of carboxylic acid groups (broad SMARTS) is 1. The zero-order valence-corrected chi connectivity index (χ0v) is 12.6. The third-order valence-corrected chi connectivity index (χ3v) is 4.00. The summed E-state index contributed by atoms with van der Waals surface area (Å²) in [4.78, 5) is 15.4. The molecule has 2 rings (SSSR count). The molecule has 1 aromatic heterocycles. The van der Waals surface area contributed by atoms with E-state index in [1.165, 1.54) is 11.8 Å². The number of aromatic nitrogens is 2. The van der Waals surface area contributed by atoms with E-state index in [4.69, 9.17) is 9.84 Å². The first-order valence-corrected chi connectivity index (χ1v) is 7.34. The van der Waals surface area contributed by atoms with Crippen molar-refractivity contribution in [3.05, 3.63) is 23.8 Å². The van der Waals surface area contributed by atoms with Crippen molar-refractivity contribution in [3.8, 4) is 0 Å². The maximum absolute atomic E-state index is 10.8. The molecule has 0 aliphatic carbocycles. The number of carbonyl (C=O) groups is 1. The minimum absolute atomic E-state index is 0.00206. The highest BCUT2D eigenvalue weighted by Gasteiger charge is 2.18. The fraction of sp³-hybridized carbons (Fsp3) is 0.429. The van der Waals surface area contributed by atoms with E-state index >= 15 is 0 Å². The molecule has 1 unspecified atom stereocenters. The number of para-hydroxylation sites is 1. The Labute approximate surface area is 121 Å². The number of imidazole rings is 1. The normalized spacial score (nSPS) is 12.8. The SMILES string of the molecule is COCC(C)n1c(SCC(=O)O)nc2c(C)cccc21. The van der Waals surface area contributed by atoms with Crippen LogP contribution in [-0.4, -0.2) is 40.1 Å². The zero-order valence-electron chi connectivity index (χ0n) is 11.8. The number of methoxy groups -OCH3 is 1. The average molecular weight is 294 g/mol. The molecule has 0 fully saturated rings. The molecule has 1 aromatic carbocycles. The van der Waals surface area contributed by atoms with Gasteiger partial charge in [-0.05, 0) is 25.5 Å². The summed E-state index contributed by atoms with van der Waals surface area (Å²) in [6.45, 7) is 4.60. The molecule has 0 amide bonds. The number of benzene rings is 1. The average Bonchev–Trinajstić information content (AvgIpc) is 2.76. The molecule has 0 radical (unpaired) electrons. The largest absolute Gasteiger partial charge is 0.481 e. The Bertz CT molecular complexity index is 624. The fourth-order valence-corrected chi connectivity index (χ4v) is 3.03. The molecule has 1 atom stereocenters. The van der Waals surface area contributed by atoms with E-state index in [1.54, 1.807) is 7.11 Å². The summed E-state index contributed by atoms with van der Waals surface area (Å²) < 4.78 is 7.27. The Morgan fingerprint density at radius 1 is 1.55 bits per heavy atom. The number of nitrogens with zero attached hydrogens (tertiary/aromatic N) is 2. The first-order chi connectivity index (χ1) is 9.54. The van der Waals surface area contributed by atoms with E-state index in [0.29, 0.717) is 6.61 Å². The fourth-order valence-electron chi connectivity index (χ4n) is 2.21. The van der Waals surface area contributed by atoms with Gasteiger partial charge in [0.1, 0.15) is 0 Å². The van der Waals surface area contributed by atoms with Crippen LogP contribution in [-0.2, 0) is 9.53 Å². The first-order valence-electron chi connectivity index (χ1n) is 6.35. The second kappa shape index (κ2) is 6.28. The number of carboxylic acids is 1. The third-order valence-electron chi connectivity index (χ3n) is 3.06. The van der Waals surface area contributed by atoms with Crippen molar-refractivity contribution < 1.29 is 14.6 Å². The first kappa shape index (κ1) is 14.9. The monoisotopic (exact) mass is 294 g/mol. The molecule has 0 saturated carbocycles. The molecule has 0 bridgehead atoms. The van der Waals surface area contributed by atoms with E-state index in [2.05, 4.69) is 9.55 Å². The number of rotatable bonds is 6. The summed E-state index contributed by atoms with van der Waals surface area (Å²) in [5.41, 5.74) is 3.02. The summed E-state index contributed by atoms with van der Waals surface area (Å²) >= 11 is 1.24. The van der Waals surface area contributed by atoms with Gasteiger partial charge in [-0.3, -0.25) is 4.79 Å². The molecular weight excluding hydrogens is 276 g/mol. The topological polar surface area (TPSA) is 64.3 Å². The number of hydrogen-bond acceptors (Lipinski definition) is 4. The molecule has 20 heavy (non-hydrogen) atoms. The zero-order chi connectivity index (χ0) is 14.7. The van der Waals surface area contributed by atoms with Gasteiger partial charge in [0.25, 0.3) is 0 Å². The molecule has 0 spiro atoms. The van der Waals surface area contributed by atoms with Gasteiger partial charge < -0.3 is 14.4 Å². The maximum atomic E-state index is 10.8. The summed E-state index contributed by atoms with van der Waals surface area (Å²) in [5, 5.41) is 9.58. The van der Waals surface area contributed by atoms with E-state index in [-0.39, 0.29) is 11.8 Å². The van der Waals surface area contributed by atoms with Crippen LogP contribution < -0.4 is 0 Å². The van der Waals surface area contributed by atoms with Crippen LogP contribution in [0.25, 0.3) is 11.0 Å². The van der Waals surface area contributed by atoms with Gasteiger partial charge in [-0.15, -0.1) is 0 Å². The van der Waals surface area contributed by atoms with Gasteiger partial charge in [-0.2, -0.15) is 0 Å². The van der Waals surface area contributed by atoms with Crippen molar-refractivity contribution >= 4 is 28.8 Å². The highest BCUT2D eigenvalue weighted by atomic mass is 32.2. The molecule has 5 nitrogen and oxygen atoms in total. The molecule has 6 heteroatoms. The van der Waals surface area contributed by atoms with Gasteiger partial charge in [0.15, 0.2) is 5.16 Å².